The second-order valence-corrected chi connectivity index (χ2v) is 5.80. The van der Waals surface area contributed by atoms with Crippen LogP contribution >= 0.6 is 0 Å². The lowest BCUT2D eigenvalue weighted by Gasteiger charge is -2.21. The van der Waals surface area contributed by atoms with Crippen LogP contribution in [0.1, 0.15) is 24.5 Å². The molecule has 2 rings (SSSR count). The van der Waals surface area contributed by atoms with Crippen molar-refractivity contribution in [1.29, 1.82) is 0 Å². The van der Waals surface area contributed by atoms with Gasteiger partial charge in [-0.1, -0.05) is 42.5 Å². The number of methoxy groups -OCH3 is 1. The van der Waals surface area contributed by atoms with Crippen molar-refractivity contribution in [1.82, 2.24) is 10.2 Å². The minimum Gasteiger partial charge on any atom is -0.497 e. The fraction of sp³-hybridized carbons (Fsp3) is 0.300. The predicted octanol–water partition coefficient (Wildman–Crippen LogP) is 2.75. The van der Waals surface area contributed by atoms with Gasteiger partial charge in [0.1, 0.15) is 5.75 Å². The third-order valence-electron chi connectivity index (χ3n) is 3.92. The molecule has 0 aliphatic rings. The number of ether oxygens (including phenoxy) is 1. The highest BCUT2D eigenvalue weighted by Gasteiger charge is 2.11. The Hall–Kier alpha value is -2.82. The van der Waals surface area contributed by atoms with E-state index < -0.39 is 0 Å². The van der Waals surface area contributed by atoms with Crippen LogP contribution in [0.5, 0.6) is 5.75 Å². The molecule has 0 saturated carbocycles. The molecular formula is C20H24N2O3. The van der Waals surface area contributed by atoms with Crippen LogP contribution in [0, 0.1) is 0 Å². The fourth-order valence-corrected chi connectivity index (χ4v) is 2.42. The average molecular weight is 340 g/mol. The van der Waals surface area contributed by atoms with Crippen LogP contribution in [0.3, 0.4) is 0 Å². The standard InChI is InChI=1S/C20H24N2O3/c1-16(23)22(15-18-6-4-3-5-7-18)13-12-20(24)21-14-17-8-10-19(25-2)11-9-17/h3-11H,12-15H2,1-2H3,(H,21,24). The van der Waals surface area contributed by atoms with Gasteiger partial charge in [-0.25, -0.2) is 0 Å². The van der Waals surface area contributed by atoms with Gasteiger partial charge in [0, 0.05) is 33.0 Å². The summed E-state index contributed by atoms with van der Waals surface area (Å²) in [7, 11) is 1.62. The smallest absolute Gasteiger partial charge is 0.222 e. The molecule has 5 nitrogen and oxygen atoms in total. The molecule has 2 amide bonds. The van der Waals surface area contributed by atoms with E-state index in [1.807, 2.05) is 54.6 Å². The Morgan fingerprint density at radius 1 is 1.00 bits per heavy atom. The van der Waals surface area contributed by atoms with Crippen molar-refractivity contribution in [3.63, 3.8) is 0 Å². The highest BCUT2D eigenvalue weighted by atomic mass is 16.5. The second-order valence-electron chi connectivity index (χ2n) is 5.80. The van der Waals surface area contributed by atoms with Gasteiger partial charge in [0.25, 0.3) is 0 Å². The molecule has 0 spiro atoms. The molecule has 0 fully saturated rings. The van der Waals surface area contributed by atoms with Gasteiger partial charge in [0.05, 0.1) is 7.11 Å². The Morgan fingerprint density at radius 3 is 2.28 bits per heavy atom. The van der Waals surface area contributed by atoms with Gasteiger partial charge in [-0.3, -0.25) is 9.59 Å². The van der Waals surface area contributed by atoms with Crippen LogP contribution < -0.4 is 10.1 Å². The monoisotopic (exact) mass is 340 g/mol. The van der Waals surface area contributed by atoms with Crippen molar-refractivity contribution in [3.05, 3.63) is 65.7 Å². The number of nitrogens with one attached hydrogen (secondary N) is 1. The van der Waals surface area contributed by atoms with Gasteiger partial charge in [0.2, 0.25) is 11.8 Å². The number of hydrogen-bond acceptors (Lipinski definition) is 3. The molecular weight excluding hydrogens is 316 g/mol. The summed E-state index contributed by atoms with van der Waals surface area (Å²) in [5, 5.41) is 2.88. The number of benzene rings is 2. The van der Waals surface area contributed by atoms with Gasteiger partial charge in [-0.2, -0.15) is 0 Å². The molecule has 0 radical (unpaired) electrons. The molecule has 1 N–H and O–H groups in total. The first-order valence-corrected chi connectivity index (χ1v) is 8.27. The lowest BCUT2D eigenvalue weighted by molar-refractivity contribution is -0.130. The first-order valence-electron chi connectivity index (χ1n) is 8.27. The number of carbonyl (C=O) groups excluding carboxylic acids is 2. The molecule has 25 heavy (non-hydrogen) atoms. The van der Waals surface area contributed by atoms with Crippen LogP contribution in [0.4, 0.5) is 0 Å². The number of rotatable bonds is 8. The summed E-state index contributed by atoms with van der Waals surface area (Å²) in [4.78, 5) is 25.5. The molecule has 0 saturated heterocycles. The highest BCUT2D eigenvalue weighted by Crippen LogP contribution is 2.11. The predicted molar refractivity (Wildman–Crippen MR) is 97.0 cm³/mol. The molecule has 0 atom stereocenters. The van der Waals surface area contributed by atoms with E-state index in [-0.39, 0.29) is 18.2 Å². The summed E-state index contributed by atoms with van der Waals surface area (Å²) < 4.78 is 5.11. The first-order chi connectivity index (χ1) is 12.1. The third-order valence-corrected chi connectivity index (χ3v) is 3.92. The Labute approximate surface area is 148 Å². The van der Waals surface area contributed by atoms with Crippen molar-refractivity contribution in [2.45, 2.75) is 26.4 Å². The van der Waals surface area contributed by atoms with Crippen LogP contribution in [-0.4, -0.2) is 30.4 Å². The van der Waals surface area contributed by atoms with E-state index in [0.29, 0.717) is 19.6 Å². The van der Waals surface area contributed by atoms with E-state index in [1.165, 1.54) is 6.92 Å². The highest BCUT2D eigenvalue weighted by molar-refractivity contribution is 5.78. The Morgan fingerprint density at radius 2 is 1.68 bits per heavy atom. The van der Waals surface area contributed by atoms with E-state index >= 15 is 0 Å². The quantitative estimate of drug-likeness (QED) is 0.804. The van der Waals surface area contributed by atoms with Crippen LogP contribution in [0.25, 0.3) is 0 Å². The van der Waals surface area contributed by atoms with Gasteiger partial charge >= 0.3 is 0 Å². The van der Waals surface area contributed by atoms with E-state index in [2.05, 4.69) is 5.32 Å². The van der Waals surface area contributed by atoms with Gasteiger partial charge in [0.15, 0.2) is 0 Å². The first kappa shape index (κ1) is 18.5. The minimum atomic E-state index is -0.0740. The van der Waals surface area contributed by atoms with E-state index in [9.17, 15) is 9.59 Å². The largest absolute Gasteiger partial charge is 0.497 e. The molecule has 132 valence electrons. The summed E-state index contributed by atoms with van der Waals surface area (Å²) in [6.45, 7) is 2.90. The minimum absolute atomic E-state index is 0.0354. The maximum Gasteiger partial charge on any atom is 0.222 e. The van der Waals surface area contributed by atoms with Crippen molar-refractivity contribution in [2.24, 2.45) is 0 Å². The summed E-state index contributed by atoms with van der Waals surface area (Å²) >= 11 is 0. The van der Waals surface area contributed by atoms with Crippen molar-refractivity contribution >= 4 is 11.8 Å². The molecule has 0 aliphatic heterocycles. The zero-order valence-corrected chi connectivity index (χ0v) is 14.7. The summed E-state index contributed by atoms with van der Waals surface area (Å²) in [5.41, 5.74) is 2.05. The zero-order valence-electron chi connectivity index (χ0n) is 14.7. The number of amides is 2. The van der Waals surface area contributed by atoms with Crippen molar-refractivity contribution < 1.29 is 14.3 Å². The molecule has 0 bridgehead atoms. The normalized spacial score (nSPS) is 10.2. The van der Waals surface area contributed by atoms with E-state index in [4.69, 9.17) is 4.74 Å². The van der Waals surface area contributed by atoms with Crippen molar-refractivity contribution in [3.8, 4) is 5.75 Å². The summed E-state index contributed by atoms with van der Waals surface area (Å²) in [6, 6.07) is 17.3. The third kappa shape index (κ3) is 6.30. The van der Waals surface area contributed by atoms with Gasteiger partial charge in [-0.15, -0.1) is 0 Å². The Balaban J connectivity index is 1.79. The molecule has 0 aliphatic carbocycles. The van der Waals surface area contributed by atoms with E-state index in [0.717, 1.165) is 16.9 Å². The molecule has 0 heterocycles. The number of hydrogen-bond donors (Lipinski definition) is 1. The fourth-order valence-electron chi connectivity index (χ4n) is 2.42. The average Bonchev–Trinajstić information content (AvgIpc) is 2.64. The topological polar surface area (TPSA) is 58.6 Å². The summed E-state index contributed by atoms with van der Waals surface area (Å²) in [6.07, 6.45) is 0.280. The number of carbonyl (C=O) groups is 2. The molecule has 2 aromatic carbocycles. The Kier molecular flexibility index (Phi) is 7.01. The van der Waals surface area contributed by atoms with Crippen molar-refractivity contribution in [2.75, 3.05) is 13.7 Å². The lowest BCUT2D eigenvalue weighted by atomic mass is 10.2. The lowest BCUT2D eigenvalue weighted by Crippen LogP contribution is -2.33. The number of nitrogens with zero attached hydrogens (tertiary/aromatic N) is 1. The van der Waals surface area contributed by atoms with Crippen LogP contribution in [-0.2, 0) is 22.7 Å². The molecule has 2 aromatic rings. The van der Waals surface area contributed by atoms with Gasteiger partial charge < -0.3 is 15.0 Å². The van der Waals surface area contributed by atoms with E-state index in [1.54, 1.807) is 12.0 Å². The van der Waals surface area contributed by atoms with Gasteiger partial charge in [-0.05, 0) is 23.3 Å². The Bertz CT molecular complexity index is 684. The maximum atomic E-state index is 12.0. The summed E-state index contributed by atoms with van der Waals surface area (Å²) in [5.74, 6) is 0.676. The molecule has 0 aromatic heterocycles. The second kappa shape index (κ2) is 9.47. The zero-order chi connectivity index (χ0) is 18.1. The van der Waals surface area contributed by atoms with Crippen LogP contribution in [0.2, 0.25) is 0 Å². The maximum absolute atomic E-state index is 12.0. The van der Waals surface area contributed by atoms with Crippen LogP contribution in [0.15, 0.2) is 54.6 Å². The SMILES string of the molecule is COc1ccc(CNC(=O)CCN(Cc2ccccc2)C(C)=O)cc1. The molecule has 5 heteroatoms. The molecule has 0 unspecified atom stereocenters.